The number of nitrogens with two attached hydrogens (primary N) is 1. The fourth-order valence-corrected chi connectivity index (χ4v) is 1.33. The third kappa shape index (κ3) is 6.35. The summed E-state index contributed by atoms with van der Waals surface area (Å²) in [5.41, 5.74) is 5.56. The molecule has 0 bridgehead atoms. The second-order valence-electron chi connectivity index (χ2n) is 3.87. The Morgan fingerprint density at radius 3 is 2.74 bits per heavy atom. The van der Waals surface area contributed by atoms with E-state index >= 15 is 0 Å². The molecule has 0 saturated carbocycles. The minimum atomic E-state index is -3.07. The average Bonchev–Trinajstić information content (AvgIpc) is 2.37. The molecule has 0 aliphatic heterocycles. The van der Waals surface area contributed by atoms with E-state index < -0.39 is 24.9 Å². The van der Waals surface area contributed by atoms with Gasteiger partial charge in [0.25, 0.3) is 5.92 Å². The Morgan fingerprint density at radius 2 is 2.16 bits per heavy atom. The minimum absolute atomic E-state index is 0. The number of hydrogen-bond acceptors (Lipinski definition) is 3. The molecular weight excluding hydrogens is 278 g/mol. The zero-order valence-electron chi connectivity index (χ0n) is 10.5. The third-order valence-electron chi connectivity index (χ3n) is 2.34. The molecule has 1 rings (SSSR count). The highest BCUT2D eigenvalue weighted by atomic mass is 35.5. The Labute approximate surface area is 116 Å². The molecule has 0 unspecified atom stereocenters. The summed E-state index contributed by atoms with van der Waals surface area (Å²) < 4.78 is 30.6. The van der Waals surface area contributed by atoms with Crippen molar-refractivity contribution >= 4 is 18.3 Å². The molecule has 0 heterocycles. The fourth-order valence-electron chi connectivity index (χ4n) is 1.33. The van der Waals surface area contributed by atoms with Crippen molar-refractivity contribution in [1.82, 2.24) is 5.32 Å². The van der Waals surface area contributed by atoms with Gasteiger partial charge < -0.3 is 15.8 Å². The predicted octanol–water partition coefficient (Wildman–Crippen LogP) is 1.37. The van der Waals surface area contributed by atoms with Gasteiger partial charge in [-0.05, 0) is 17.7 Å². The normalized spacial score (nSPS) is 10.5. The molecule has 1 amide bonds. The fraction of sp³-hybridized carbons (Fsp3) is 0.417. The maximum atomic E-state index is 12.8. The molecule has 0 aromatic heterocycles. The van der Waals surface area contributed by atoms with Crippen LogP contribution >= 0.6 is 12.4 Å². The van der Waals surface area contributed by atoms with Crippen molar-refractivity contribution < 1.29 is 18.3 Å². The van der Waals surface area contributed by atoms with Crippen molar-refractivity contribution in [1.29, 1.82) is 0 Å². The van der Waals surface area contributed by atoms with Crippen LogP contribution in [0.1, 0.15) is 5.56 Å². The summed E-state index contributed by atoms with van der Waals surface area (Å²) in [6.07, 6.45) is 0.0256. The van der Waals surface area contributed by atoms with Crippen molar-refractivity contribution in [3.05, 3.63) is 29.8 Å². The molecule has 1 aromatic carbocycles. The van der Waals surface area contributed by atoms with Gasteiger partial charge in [-0.3, -0.25) is 4.79 Å². The standard InChI is InChI=1S/C12H16F2N2O2.ClH/c1-18-10-4-2-3-9(5-10)6-11(17)16-8-12(13,14)7-15;/h2-5H,6-8,15H2,1H3,(H,16,17);1H. The van der Waals surface area contributed by atoms with Gasteiger partial charge in [-0.2, -0.15) is 0 Å². The van der Waals surface area contributed by atoms with E-state index in [0.29, 0.717) is 11.3 Å². The van der Waals surface area contributed by atoms with Gasteiger partial charge in [0.2, 0.25) is 5.91 Å². The first-order valence-corrected chi connectivity index (χ1v) is 5.44. The maximum Gasteiger partial charge on any atom is 0.277 e. The van der Waals surface area contributed by atoms with Crippen molar-refractivity contribution in [3.8, 4) is 5.75 Å². The minimum Gasteiger partial charge on any atom is -0.497 e. The smallest absolute Gasteiger partial charge is 0.277 e. The summed E-state index contributed by atoms with van der Waals surface area (Å²) in [5, 5.41) is 2.15. The summed E-state index contributed by atoms with van der Waals surface area (Å²) in [6.45, 7) is -1.53. The number of nitrogens with one attached hydrogen (secondary N) is 1. The Bertz CT molecular complexity index is 416. The topological polar surface area (TPSA) is 64.3 Å². The summed E-state index contributed by atoms with van der Waals surface area (Å²) in [4.78, 5) is 11.4. The lowest BCUT2D eigenvalue weighted by Crippen LogP contribution is -2.42. The number of benzene rings is 1. The molecule has 0 radical (unpaired) electrons. The number of rotatable bonds is 6. The van der Waals surface area contributed by atoms with E-state index in [0.717, 1.165) is 0 Å². The average molecular weight is 295 g/mol. The van der Waals surface area contributed by atoms with Gasteiger partial charge in [-0.15, -0.1) is 12.4 Å². The molecule has 1 aromatic rings. The summed E-state index contributed by atoms with van der Waals surface area (Å²) in [6, 6.07) is 6.88. The second-order valence-corrected chi connectivity index (χ2v) is 3.87. The van der Waals surface area contributed by atoms with Crippen LogP contribution in [0, 0.1) is 0 Å². The van der Waals surface area contributed by atoms with E-state index in [9.17, 15) is 13.6 Å². The first kappa shape index (κ1) is 17.6. The summed E-state index contributed by atoms with van der Waals surface area (Å²) in [7, 11) is 1.51. The van der Waals surface area contributed by atoms with Crippen LogP contribution in [-0.4, -0.2) is 32.0 Å². The van der Waals surface area contributed by atoms with E-state index in [4.69, 9.17) is 10.5 Å². The van der Waals surface area contributed by atoms with Crippen LogP contribution in [0.3, 0.4) is 0 Å². The van der Waals surface area contributed by atoms with Crippen LogP contribution < -0.4 is 15.8 Å². The maximum absolute atomic E-state index is 12.8. The van der Waals surface area contributed by atoms with Gasteiger partial charge in [0.15, 0.2) is 0 Å². The molecule has 108 valence electrons. The van der Waals surface area contributed by atoms with E-state index in [1.54, 1.807) is 24.3 Å². The molecule has 0 aliphatic carbocycles. The zero-order valence-corrected chi connectivity index (χ0v) is 11.3. The number of amides is 1. The molecule has 0 fully saturated rings. The summed E-state index contributed by atoms with van der Waals surface area (Å²) in [5.74, 6) is -2.92. The lowest BCUT2D eigenvalue weighted by atomic mass is 10.1. The number of alkyl halides is 2. The van der Waals surface area contributed by atoms with Gasteiger partial charge in [-0.25, -0.2) is 8.78 Å². The Kier molecular flexibility index (Phi) is 7.33. The van der Waals surface area contributed by atoms with Gasteiger partial charge in [0.05, 0.1) is 26.6 Å². The molecule has 0 atom stereocenters. The van der Waals surface area contributed by atoms with Crippen molar-refractivity contribution in [2.75, 3.05) is 20.2 Å². The van der Waals surface area contributed by atoms with E-state index in [1.807, 2.05) is 0 Å². The van der Waals surface area contributed by atoms with Crippen LogP contribution in [0.25, 0.3) is 0 Å². The molecule has 19 heavy (non-hydrogen) atoms. The predicted molar refractivity (Wildman–Crippen MR) is 71.0 cm³/mol. The van der Waals surface area contributed by atoms with Crippen LogP contribution in [0.4, 0.5) is 8.78 Å². The number of halogens is 3. The van der Waals surface area contributed by atoms with E-state index in [2.05, 4.69) is 5.32 Å². The van der Waals surface area contributed by atoms with Gasteiger partial charge >= 0.3 is 0 Å². The molecule has 0 aliphatic rings. The SMILES string of the molecule is COc1cccc(CC(=O)NCC(F)(F)CN)c1.Cl. The first-order valence-electron chi connectivity index (χ1n) is 5.44. The molecule has 0 saturated heterocycles. The molecule has 7 heteroatoms. The Morgan fingerprint density at radius 1 is 1.47 bits per heavy atom. The molecular formula is C12H17ClF2N2O2. The quantitative estimate of drug-likeness (QED) is 0.833. The lowest BCUT2D eigenvalue weighted by Gasteiger charge is -2.14. The number of carbonyl (C=O) groups excluding carboxylic acids is 1. The highest BCUT2D eigenvalue weighted by Gasteiger charge is 2.27. The lowest BCUT2D eigenvalue weighted by molar-refractivity contribution is -0.122. The molecule has 3 N–H and O–H groups in total. The van der Waals surface area contributed by atoms with Gasteiger partial charge in [0, 0.05) is 0 Å². The van der Waals surface area contributed by atoms with Crippen LogP contribution in [0.5, 0.6) is 5.75 Å². The molecule has 4 nitrogen and oxygen atoms in total. The van der Waals surface area contributed by atoms with Crippen LogP contribution in [0.15, 0.2) is 24.3 Å². The first-order chi connectivity index (χ1) is 8.46. The monoisotopic (exact) mass is 294 g/mol. The zero-order chi connectivity index (χ0) is 13.6. The number of carbonyl (C=O) groups is 1. The summed E-state index contributed by atoms with van der Waals surface area (Å²) >= 11 is 0. The van der Waals surface area contributed by atoms with Crippen molar-refractivity contribution in [2.45, 2.75) is 12.3 Å². The number of methoxy groups -OCH3 is 1. The Balaban J connectivity index is 0.00000324. The number of ether oxygens (including phenoxy) is 1. The highest BCUT2D eigenvalue weighted by Crippen LogP contribution is 2.13. The van der Waals surface area contributed by atoms with Gasteiger partial charge in [-0.1, -0.05) is 12.1 Å². The van der Waals surface area contributed by atoms with E-state index in [1.165, 1.54) is 7.11 Å². The second kappa shape index (κ2) is 7.91. The largest absolute Gasteiger partial charge is 0.497 e. The third-order valence-corrected chi connectivity index (χ3v) is 2.34. The van der Waals surface area contributed by atoms with Crippen molar-refractivity contribution in [2.24, 2.45) is 5.73 Å². The molecule has 0 spiro atoms. The van der Waals surface area contributed by atoms with Gasteiger partial charge in [0.1, 0.15) is 5.75 Å². The van der Waals surface area contributed by atoms with Crippen LogP contribution in [-0.2, 0) is 11.2 Å². The Hall–Kier alpha value is -1.40. The van der Waals surface area contributed by atoms with E-state index in [-0.39, 0.29) is 18.8 Å². The highest BCUT2D eigenvalue weighted by molar-refractivity contribution is 5.85. The van der Waals surface area contributed by atoms with Crippen molar-refractivity contribution in [3.63, 3.8) is 0 Å². The van der Waals surface area contributed by atoms with Crippen LogP contribution in [0.2, 0.25) is 0 Å². The number of hydrogen-bond donors (Lipinski definition) is 2.